The van der Waals surface area contributed by atoms with Gasteiger partial charge in [-0.1, -0.05) is 18.2 Å². The molecule has 1 heterocycles. The number of methoxy groups -OCH3 is 1. The van der Waals surface area contributed by atoms with E-state index < -0.39 is 6.04 Å². The van der Waals surface area contributed by atoms with Crippen molar-refractivity contribution in [1.29, 1.82) is 0 Å². The molecule has 0 radical (unpaired) electrons. The minimum absolute atomic E-state index is 0. The van der Waals surface area contributed by atoms with Crippen LogP contribution in [0.1, 0.15) is 17.8 Å². The molecule has 2 rings (SSSR count). The number of carbonyl (C=O) groups excluding carboxylic acids is 1. The average molecular weight is 315 g/mol. The lowest BCUT2D eigenvalue weighted by Crippen LogP contribution is -2.44. The highest BCUT2D eigenvalue weighted by atomic mass is 35.5. The van der Waals surface area contributed by atoms with E-state index in [1.165, 1.54) is 17.2 Å². The van der Waals surface area contributed by atoms with Crippen LogP contribution >= 0.6 is 23.7 Å². The molecule has 1 aromatic carbocycles. The zero-order chi connectivity index (χ0) is 13.8. The fourth-order valence-electron chi connectivity index (χ4n) is 1.86. The van der Waals surface area contributed by atoms with Crippen LogP contribution in [0, 0.1) is 0 Å². The second kappa shape index (κ2) is 7.59. The first kappa shape index (κ1) is 16.9. The van der Waals surface area contributed by atoms with E-state index in [1.54, 1.807) is 11.3 Å². The molecule has 0 aliphatic rings. The molecule has 3 N–H and O–H groups in total. The highest BCUT2D eigenvalue weighted by Crippen LogP contribution is 2.29. The van der Waals surface area contributed by atoms with Crippen LogP contribution < -0.4 is 11.1 Å². The Kier molecular flexibility index (Phi) is 6.42. The summed E-state index contributed by atoms with van der Waals surface area (Å²) in [5.74, 6) is -0.188. The molecule has 4 nitrogen and oxygen atoms in total. The Balaban J connectivity index is 0.00000200. The van der Waals surface area contributed by atoms with Crippen LogP contribution in [0.5, 0.6) is 0 Å². The smallest absolute Gasteiger partial charge is 0.239 e. The second-order valence-corrected chi connectivity index (χ2v) is 5.59. The third kappa shape index (κ3) is 3.93. The average Bonchev–Trinajstić information content (AvgIpc) is 2.82. The number of benzene rings is 1. The van der Waals surface area contributed by atoms with Crippen molar-refractivity contribution in [1.82, 2.24) is 5.32 Å². The van der Waals surface area contributed by atoms with Crippen molar-refractivity contribution in [2.75, 3.05) is 13.7 Å². The molecule has 2 aromatic rings. The Labute approximate surface area is 128 Å². The first-order chi connectivity index (χ1) is 9.11. The largest absolute Gasteiger partial charge is 0.383 e. The maximum atomic E-state index is 11.8. The molecular formula is C14H19ClN2O2S. The summed E-state index contributed by atoms with van der Waals surface area (Å²) in [6, 6.07) is 9.61. The predicted octanol–water partition coefficient (Wildman–Crippen LogP) is 2.47. The minimum Gasteiger partial charge on any atom is -0.383 e. The van der Waals surface area contributed by atoms with E-state index in [4.69, 9.17) is 10.5 Å². The highest BCUT2D eigenvalue weighted by molar-refractivity contribution is 7.19. The summed E-state index contributed by atoms with van der Waals surface area (Å²) in [4.78, 5) is 12.9. The molecule has 20 heavy (non-hydrogen) atoms. The van der Waals surface area contributed by atoms with E-state index in [0.717, 1.165) is 4.88 Å². The molecule has 0 aliphatic heterocycles. The van der Waals surface area contributed by atoms with Crippen molar-refractivity contribution in [2.24, 2.45) is 5.73 Å². The van der Waals surface area contributed by atoms with Gasteiger partial charge in [0.05, 0.1) is 12.6 Å². The summed E-state index contributed by atoms with van der Waals surface area (Å²) in [6.07, 6.45) is 0. The number of ether oxygens (including phenoxy) is 1. The van der Waals surface area contributed by atoms with Crippen LogP contribution in [0.3, 0.4) is 0 Å². The second-order valence-electron chi connectivity index (χ2n) is 4.48. The van der Waals surface area contributed by atoms with Gasteiger partial charge in [0, 0.05) is 16.7 Å². The Morgan fingerprint density at radius 2 is 2.15 bits per heavy atom. The monoisotopic (exact) mass is 314 g/mol. The van der Waals surface area contributed by atoms with Crippen LogP contribution in [0.2, 0.25) is 0 Å². The number of nitrogens with two attached hydrogens (primary N) is 1. The molecule has 0 aliphatic carbocycles. The molecule has 2 atom stereocenters. The van der Waals surface area contributed by atoms with Crippen LogP contribution in [0.25, 0.3) is 10.1 Å². The first-order valence-corrected chi connectivity index (χ1v) is 6.97. The van der Waals surface area contributed by atoms with Gasteiger partial charge in [0.1, 0.15) is 6.04 Å². The van der Waals surface area contributed by atoms with Gasteiger partial charge in [0.2, 0.25) is 5.91 Å². The fourth-order valence-corrected chi connectivity index (χ4v) is 2.93. The van der Waals surface area contributed by atoms with E-state index in [9.17, 15) is 4.79 Å². The van der Waals surface area contributed by atoms with Crippen LogP contribution in [0.15, 0.2) is 30.3 Å². The molecule has 1 aromatic heterocycles. The van der Waals surface area contributed by atoms with Crippen molar-refractivity contribution in [3.05, 3.63) is 35.2 Å². The quantitative estimate of drug-likeness (QED) is 0.891. The topological polar surface area (TPSA) is 64.3 Å². The van der Waals surface area contributed by atoms with E-state index in [1.807, 2.05) is 19.1 Å². The maximum Gasteiger partial charge on any atom is 0.239 e. The number of rotatable bonds is 5. The van der Waals surface area contributed by atoms with Gasteiger partial charge in [-0.2, -0.15) is 0 Å². The lowest BCUT2D eigenvalue weighted by atomic mass is 10.2. The lowest BCUT2D eigenvalue weighted by molar-refractivity contribution is -0.124. The Morgan fingerprint density at radius 1 is 1.45 bits per heavy atom. The summed E-state index contributed by atoms with van der Waals surface area (Å²) in [5, 5.41) is 4.11. The van der Waals surface area contributed by atoms with Crippen LogP contribution in [0.4, 0.5) is 0 Å². The van der Waals surface area contributed by atoms with Crippen molar-refractivity contribution in [3.63, 3.8) is 0 Å². The summed E-state index contributed by atoms with van der Waals surface area (Å²) >= 11 is 1.69. The van der Waals surface area contributed by atoms with Crippen LogP contribution in [-0.4, -0.2) is 25.7 Å². The van der Waals surface area contributed by atoms with Gasteiger partial charge in [-0.05, 0) is 24.4 Å². The Bertz CT molecular complexity index is 540. The van der Waals surface area contributed by atoms with Crippen molar-refractivity contribution >= 4 is 39.7 Å². The van der Waals surface area contributed by atoms with Crippen molar-refractivity contribution < 1.29 is 9.53 Å². The fraction of sp³-hybridized carbons (Fsp3) is 0.357. The van der Waals surface area contributed by atoms with Crippen molar-refractivity contribution in [2.45, 2.75) is 19.0 Å². The number of fused-ring (bicyclic) bond motifs is 1. The zero-order valence-electron chi connectivity index (χ0n) is 11.5. The lowest BCUT2D eigenvalue weighted by Gasteiger charge is -2.15. The zero-order valence-corrected chi connectivity index (χ0v) is 13.1. The molecule has 0 spiro atoms. The molecule has 2 unspecified atom stereocenters. The first-order valence-electron chi connectivity index (χ1n) is 6.15. The number of amides is 1. The molecule has 0 bridgehead atoms. The number of thiophene rings is 1. The third-order valence-electron chi connectivity index (χ3n) is 2.91. The Hall–Kier alpha value is -1.14. The molecule has 6 heteroatoms. The number of hydrogen-bond acceptors (Lipinski definition) is 4. The molecule has 0 fully saturated rings. The number of halogens is 1. The summed E-state index contributed by atoms with van der Waals surface area (Å²) in [7, 11) is 1.53. The van der Waals surface area contributed by atoms with Gasteiger partial charge in [0.15, 0.2) is 0 Å². The molecule has 1 amide bonds. The van der Waals surface area contributed by atoms with E-state index in [-0.39, 0.29) is 31.0 Å². The maximum absolute atomic E-state index is 11.8. The van der Waals surface area contributed by atoms with Gasteiger partial charge in [-0.25, -0.2) is 0 Å². The normalized spacial score (nSPS) is 13.6. The molecule has 0 saturated carbocycles. The summed E-state index contributed by atoms with van der Waals surface area (Å²) in [6.45, 7) is 2.19. The third-order valence-corrected chi connectivity index (χ3v) is 4.21. The van der Waals surface area contributed by atoms with Gasteiger partial charge in [-0.3, -0.25) is 4.79 Å². The van der Waals surface area contributed by atoms with Crippen molar-refractivity contribution in [3.8, 4) is 0 Å². The SMILES string of the molecule is COCC(N)C(=O)NC(C)c1cc2ccccc2s1.Cl. The van der Waals surface area contributed by atoms with E-state index in [2.05, 4.69) is 23.5 Å². The van der Waals surface area contributed by atoms with Gasteiger partial charge >= 0.3 is 0 Å². The van der Waals surface area contributed by atoms with Gasteiger partial charge < -0.3 is 15.8 Å². The minimum atomic E-state index is -0.623. The molecule has 110 valence electrons. The highest BCUT2D eigenvalue weighted by Gasteiger charge is 2.17. The number of carbonyl (C=O) groups is 1. The summed E-state index contributed by atoms with van der Waals surface area (Å²) in [5.41, 5.74) is 5.70. The standard InChI is InChI=1S/C14H18N2O2S.ClH/c1-9(16-14(17)11(15)8-18-2)13-7-10-5-3-4-6-12(10)19-13;/h3-7,9,11H,8,15H2,1-2H3,(H,16,17);1H. The van der Waals surface area contributed by atoms with Gasteiger partial charge in [0.25, 0.3) is 0 Å². The molecular weight excluding hydrogens is 296 g/mol. The van der Waals surface area contributed by atoms with Crippen LogP contribution in [-0.2, 0) is 9.53 Å². The van der Waals surface area contributed by atoms with E-state index in [0.29, 0.717) is 0 Å². The van der Waals surface area contributed by atoms with Gasteiger partial charge in [-0.15, -0.1) is 23.7 Å². The number of hydrogen-bond donors (Lipinski definition) is 2. The van der Waals surface area contributed by atoms with E-state index >= 15 is 0 Å². The number of nitrogens with one attached hydrogen (secondary N) is 1. The molecule has 0 saturated heterocycles. The predicted molar refractivity (Wildman–Crippen MR) is 85.5 cm³/mol. The Morgan fingerprint density at radius 3 is 2.80 bits per heavy atom. The summed E-state index contributed by atoms with van der Waals surface area (Å²) < 4.78 is 6.10.